The van der Waals surface area contributed by atoms with E-state index in [0.717, 1.165) is 96.3 Å². The summed E-state index contributed by atoms with van der Waals surface area (Å²) in [4.78, 5) is 37.7. The number of hydrogen-bond donors (Lipinski definition) is 0. The molecule has 70 heavy (non-hydrogen) atoms. The first-order chi connectivity index (χ1) is 34.0. The van der Waals surface area contributed by atoms with Crippen LogP contribution in [0.4, 0.5) is 0 Å². The lowest BCUT2D eigenvalue weighted by atomic mass is 10.1. The van der Waals surface area contributed by atoms with Crippen LogP contribution < -0.4 is 4.89 Å². The summed E-state index contributed by atoms with van der Waals surface area (Å²) in [5.74, 6) is -1.00. The van der Waals surface area contributed by atoms with Crippen LogP contribution in [0.25, 0.3) is 0 Å². The van der Waals surface area contributed by atoms with E-state index < -0.39 is 32.5 Å². The third-order valence-corrected chi connectivity index (χ3v) is 11.4. The van der Waals surface area contributed by atoms with Crippen LogP contribution in [0.2, 0.25) is 0 Å². The standard InChI is InChI=1S/C60H96NO8P/c1-6-8-10-12-14-16-18-20-22-23-24-25-26-27-28-29-30-31-32-33-34-35-36-37-39-41-43-45-47-49-51-53-60(63)69-58(57-68-70(64,65)67-55-54-61(3,4)5)56-66-59(62)52-50-48-46-44-42-40-38-21-19-17-15-13-11-9-7-2/h8-11,14-17,20-22,24-25,27-28,30-31,33-34,38,42,44,48,50,58H,6-7,12-13,18-19,23,26,29,32,35-37,39-41,43,45-47,49,51-57H2,1-5H3/b10-8-,11-9-,16-14-,17-15-,22-20-,25-24-,28-27-,31-30-,34-33-,38-21-,44-42-,50-48-. The monoisotopic (exact) mass is 990 g/mol. The molecule has 10 heteroatoms. The molecule has 0 aliphatic rings. The van der Waals surface area contributed by atoms with Crippen molar-refractivity contribution < 1.29 is 42.1 Å². The van der Waals surface area contributed by atoms with Crippen molar-refractivity contribution in [1.82, 2.24) is 0 Å². The van der Waals surface area contributed by atoms with Gasteiger partial charge in [-0.1, -0.05) is 205 Å². The number of carbonyl (C=O) groups is 2. The highest BCUT2D eigenvalue weighted by Crippen LogP contribution is 2.38. The Bertz CT molecular complexity index is 1690. The normalized spacial score (nSPS) is 14.5. The molecule has 0 spiro atoms. The maximum atomic E-state index is 12.8. The Balaban J connectivity index is 4.29. The molecule has 0 rings (SSSR count). The smallest absolute Gasteiger partial charge is 0.309 e. The Hall–Kier alpha value is -4.11. The summed E-state index contributed by atoms with van der Waals surface area (Å²) in [6, 6.07) is 0. The van der Waals surface area contributed by atoms with Gasteiger partial charge in [0, 0.05) is 6.42 Å². The van der Waals surface area contributed by atoms with E-state index in [9.17, 15) is 19.0 Å². The van der Waals surface area contributed by atoms with E-state index in [1.807, 2.05) is 33.3 Å². The van der Waals surface area contributed by atoms with Gasteiger partial charge in [0.2, 0.25) is 0 Å². The summed E-state index contributed by atoms with van der Waals surface area (Å²) >= 11 is 0. The first-order valence-electron chi connectivity index (χ1n) is 26.5. The van der Waals surface area contributed by atoms with E-state index in [1.165, 1.54) is 32.1 Å². The largest absolute Gasteiger partial charge is 0.756 e. The van der Waals surface area contributed by atoms with Crippen molar-refractivity contribution in [2.75, 3.05) is 47.5 Å². The van der Waals surface area contributed by atoms with Crippen LogP contribution in [0.15, 0.2) is 146 Å². The molecule has 0 aliphatic heterocycles. The Morgan fingerprint density at radius 2 is 0.814 bits per heavy atom. The maximum Gasteiger partial charge on any atom is 0.309 e. The number of allylic oxidation sites excluding steroid dienone is 23. The predicted octanol–water partition coefficient (Wildman–Crippen LogP) is 15.7. The van der Waals surface area contributed by atoms with Crippen molar-refractivity contribution in [3.05, 3.63) is 146 Å². The van der Waals surface area contributed by atoms with Gasteiger partial charge in [0.05, 0.1) is 34.2 Å². The molecule has 0 saturated carbocycles. The summed E-state index contributed by atoms with van der Waals surface area (Å²) in [7, 11) is 1.09. The van der Waals surface area contributed by atoms with Crippen LogP contribution >= 0.6 is 7.82 Å². The van der Waals surface area contributed by atoms with Crippen molar-refractivity contribution >= 4 is 19.8 Å². The van der Waals surface area contributed by atoms with Gasteiger partial charge in [0.25, 0.3) is 7.82 Å². The lowest BCUT2D eigenvalue weighted by Gasteiger charge is -2.28. The highest BCUT2D eigenvalue weighted by Gasteiger charge is 2.21. The van der Waals surface area contributed by atoms with Crippen LogP contribution in [-0.4, -0.2) is 70.0 Å². The zero-order valence-corrected chi connectivity index (χ0v) is 45.3. The number of quaternary nitrogens is 1. The minimum atomic E-state index is -4.66. The molecule has 2 unspecified atom stereocenters. The minimum Gasteiger partial charge on any atom is -0.756 e. The number of likely N-dealkylation sites (N-methyl/N-ethyl adjacent to an activating group) is 1. The summed E-state index contributed by atoms with van der Waals surface area (Å²) in [5, 5.41) is 0. The highest BCUT2D eigenvalue weighted by atomic mass is 31.2. The molecule has 0 aliphatic carbocycles. The summed E-state index contributed by atoms with van der Waals surface area (Å²) in [6.45, 7) is 3.85. The van der Waals surface area contributed by atoms with Crippen LogP contribution in [0.5, 0.6) is 0 Å². The van der Waals surface area contributed by atoms with E-state index in [2.05, 4.69) is 141 Å². The van der Waals surface area contributed by atoms with Gasteiger partial charge in [-0.05, 0) is 96.3 Å². The third-order valence-electron chi connectivity index (χ3n) is 10.4. The summed E-state index contributed by atoms with van der Waals surface area (Å²) in [5.41, 5.74) is 0. The van der Waals surface area contributed by atoms with Crippen molar-refractivity contribution in [2.24, 2.45) is 0 Å². The second kappa shape index (κ2) is 49.9. The Labute approximate surface area is 427 Å². The molecule has 0 saturated heterocycles. The number of rotatable bonds is 46. The second-order valence-electron chi connectivity index (χ2n) is 18.1. The average Bonchev–Trinajstić information content (AvgIpc) is 3.32. The van der Waals surface area contributed by atoms with Crippen LogP contribution in [0.3, 0.4) is 0 Å². The molecular formula is C60H96NO8P. The fourth-order valence-corrected chi connectivity index (χ4v) is 7.08. The number of phosphoric acid groups is 1. The zero-order chi connectivity index (χ0) is 51.3. The molecule has 0 N–H and O–H groups in total. The number of unbranched alkanes of at least 4 members (excludes halogenated alkanes) is 9. The Kier molecular flexibility index (Phi) is 46.9. The van der Waals surface area contributed by atoms with Gasteiger partial charge in [0.1, 0.15) is 19.8 Å². The van der Waals surface area contributed by atoms with Crippen molar-refractivity contribution in [2.45, 2.75) is 174 Å². The van der Waals surface area contributed by atoms with Gasteiger partial charge < -0.3 is 27.9 Å². The number of esters is 2. The summed E-state index contributed by atoms with van der Waals surface area (Å²) < 4.78 is 33.9. The molecule has 0 aromatic rings. The Morgan fingerprint density at radius 3 is 1.21 bits per heavy atom. The lowest BCUT2D eigenvalue weighted by Crippen LogP contribution is -2.37. The number of hydrogen-bond acceptors (Lipinski definition) is 8. The number of ether oxygens (including phenoxy) is 2. The SMILES string of the molecule is CC/C=C\C/C=C\C/C=C\C/C=C\C/C=C\C/C=C\C/C=C\CCCCCCCCCCCC(=O)OC(COC(=O)C/C=C\C/C=C\C/C=C\C/C=C\C/C=C\CC)COP(=O)([O-])OCC[N+](C)(C)C. The molecule has 9 nitrogen and oxygen atoms in total. The minimum absolute atomic E-state index is 0.0346. The van der Waals surface area contributed by atoms with Crippen LogP contribution in [-0.2, 0) is 32.7 Å². The van der Waals surface area contributed by atoms with Gasteiger partial charge in [-0.3, -0.25) is 14.2 Å². The van der Waals surface area contributed by atoms with Crippen molar-refractivity contribution in [3.63, 3.8) is 0 Å². The van der Waals surface area contributed by atoms with Gasteiger partial charge >= 0.3 is 11.9 Å². The molecule has 0 aromatic carbocycles. The zero-order valence-electron chi connectivity index (χ0n) is 44.4. The van der Waals surface area contributed by atoms with Gasteiger partial charge in [-0.15, -0.1) is 0 Å². The third kappa shape index (κ3) is 53.2. The molecular weight excluding hydrogens is 894 g/mol. The quantitative estimate of drug-likeness (QED) is 0.0195. The van der Waals surface area contributed by atoms with Crippen molar-refractivity contribution in [1.29, 1.82) is 0 Å². The Morgan fingerprint density at radius 1 is 0.457 bits per heavy atom. The number of phosphoric ester groups is 1. The maximum absolute atomic E-state index is 12.8. The number of nitrogens with zero attached hydrogens (tertiary/aromatic N) is 1. The van der Waals surface area contributed by atoms with Crippen LogP contribution in [0.1, 0.15) is 168 Å². The van der Waals surface area contributed by atoms with Gasteiger partial charge in [0.15, 0.2) is 6.10 Å². The molecule has 0 fully saturated rings. The first kappa shape index (κ1) is 65.9. The van der Waals surface area contributed by atoms with E-state index in [1.54, 1.807) is 6.08 Å². The average molecular weight is 990 g/mol. The lowest BCUT2D eigenvalue weighted by molar-refractivity contribution is -0.870. The predicted molar refractivity (Wildman–Crippen MR) is 295 cm³/mol. The van der Waals surface area contributed by atoms with Crippen LogP contribution in [0, 0.1) is 0 Å². The van der Waals surface area contributed by atoms with E-state index in [4.69, 9.17) is 18.5 Å². The first-order valence-corrected chi connectivity index (χ1v) is 28.0. The molecule has 0 heterocycles. The fraction of sp³-hybridized carbons (Fsp3) is 0.567. The van der Waals surface area contributed by atoms with E-state index in [0.29, 0.717) is 23.9 Å². The van der Waals surface area contributed by atoms with E-state index in [-0.39, 0.29) is 26.1 Å². The molecule has 0 radical (unpaired) electrons. The van der Waals surface area contributed by atoms with E-state index >= 15 is 0 Å². The highest BCUT2D eigenvalue weighted by molar-refractivity contribution is 7.45. The molecule has 2 atom stereocenters. The number of carbonyl (C=O) groups excluding carboxylic acids is 2. The topological polar surface area (TPSA) is 111 Å². The second-order valence-corrected chi connectivity index (χ2v) is 19.6. The molecule has 0 amide bonds. The fourth-order valence-electron chi connectivity index (χ4n) is 6.35. The van der Waals surface area contributed by atoms with Gasteiger partial charge in [-0.2, -0.15) is 0 Å². The molecule has 394 valence electrons. The van der Waals surface area contributed by atoms with Crippen molar-refractivity contribution in [3.8, 4) is 0 Å². The van der Waals surface area contributed by atoms with Gasteiger partial charge in [-0.25, -0.2) is 0 Å². The summed E-state index contributed by atoms with van der Waals surface area (Å²) in [6.07, 6.45) is 73.5. The molecule has 0 bridgehead atoms. The molecule has 0 aromatic heterocycles.